The minimum absolute atomic E-state index is 0.283. The smallest absolute Gasteiger partial charge is 0.276 e. The minimum Gasteiger partial charge on any atom is -0.362 e. The van der Waals surface area contributed by atoms with Crippen LogP contribution in [0, 0.1) is 13.8 Å². The van der Waals surface area contributed by atoms with E-state index in [0.717, 1.165) is 11.3 Å². The van der Waals surface area contributed by atoms with Gasteiger partial charge in [-0.2, -0.15) is 10.2 Å². The second-order valence-corrected chi connectivity index (χ2v) is 6.90. The topological polar surface area (TPSA) is 74.0 Å². The van der Waals surface area contributed by atoms with Crippen LogP contribution in [0.3, 0.4) is 0 Å². The monoisotopic (exact) mass is 407 g/mol. The molecule has 1 aromatic carbocycles. The molecule has 0 atom stereocenters. The molecule has 142 valence electrons. The van der Waals surface area contributed by atoms with Crippen molar-refractivity contribution >= 4 is 34.8 Å². The fourth-order valence-corrected chi connectivity index (χ4v) is 3.18. The first-order valence-corrected chi connectivity index (χ1v) is 8.96. The second-order valence-electron chi connectivity index (χ2n) is 6.05. The summed E-state index contributed by atoms with van der Waals surface area (Å²) in [5, 5.41) is 12.7. The molecule has 9 heteroatoms. The number of carbonyl (C=O) groups excluding carboxylic acids is 1. The zero-order valence-corrected chi connectivity index (χ0v) is 16.7. The molecule has 2 aromatic heterocycles. The van der Waals surface area contributed by atoms with Crippen molar-refractivity contribution in [2.75, 3.05) is 12.4 Å². The molecular formula is C18H19Cl2N5O2. The van der Waals surface area contributed by atoms with E-state index in [9.17, 15) is 4.79 Å². The third kappa shape index (κ3) is 4.32. The van der Waals surface area contributed by atoms with E-state index in [1.54, 1.807) is 40.9 Å². The molecular weight excluding hydrogens is 389 g/mol. The van der Waals surface area contributed by atoms with Crippen molar-refractivity contribution in [3.05, 3.63) is 63.2 Å². The summed E-state index contributed by atoms with van der Waals surface area (Å²) >= 11 is 12.2. The summed E-state index contributed by atoms with van der Waals surface area (Å²) < 4.78 is 8.33. The number of anilines is 1. The Hall–Kier alpha value is -2.35. The number of hydrogen-bond acceptors (Lipinski definition) is 4. The largest absolute Gasteiger partial charge is 0.362 e. The molecule has 0 fully saturated rings. The van der Waals surface area contributed by atoms with Gasteiger partial charge < -0.3 is 10.1 Å². The Kier molecular flexibility index (Phi) is 5.84. The molecule has 0 aliphatic rings. The number of nitrogens with zero attached hydrogens (tertiary/aromatic N) is 4. The van der Waals surface area contributed by atoms with Crippen molar-refractivity contribution in [1.29, 1.82) is 0 Å². The number of hydrogen-bond donors (Lipinski definition) is 1. The lowest BCUT2D eigenvalue weighted by Crippen LogP contribution is -2.15. The highest BCUT2D eigenvalue weighted by molar-refractivity contribution is 6.35. The van der Waals surface area contributed by atoms with Crippen LogP contribution in [-0.4, -0.2) is 32.6 Å². The summed E-state index contributed by atoms with van der Waals surface area (Å²) in [6, 6.07) is 6.98. The first kappa shape index (κ1) is 19.4. The number of ether oxygens (including phenoxy) is 1. The van der Waals surface area contributed by atoms with E-state index in [0.29, 0.717) is 33.7 Å². The lowest BCUT2D eigenvalue weighted by molar-refractivity contribution is 0.101. The Morgan fingerprint density at radius 3 is 2.70 bits per heavy atom. The highest BCUT2D eigenvalue weighted by atomic mass is 35.5. The van der Waals surface area contributed by atoms with Crippen molar-refractivity contribution in [3.8, 4) is 0 Å². The SMILES string of the molecule is COCn1ccc(C(=O)Nc2c(C)nn(Cc3ccc(Cl)cc3Cl)c2C)n1. The van der Waals surface area contributed by atoms with Crippen molar-refractivity contribution < 1.29 is 9.53 Å². The van der Waals surface area contributed by atoms with Crippen LogP contribution in [0.2, 0.25) is 10.0 Å². The van der Waals surface area contributed by atoms with E-state index in [2.05, 4.69) is 15.5 Å². The molecule has 0 bridgehead atoms. The number of halogens is 2. The Labute approximate surface area is 166 Å². The zero-order valence-electron chi connectivity index (χ0n) is 15.2. The van der Waals surface area contributed by atoms with E-state index in [-0.39, 0.29) is 12.6 Å². The van der Waals surface area contributed by atoms with Crippen LogP contribution < -0.4 is 5.32 Å². The number of nitrogens with one attached hydrogen (secondary N) is 1. The molecule has 1 amide bonds. The number of rotatable bonds is 6. The lowest BCUT2D eigenvalue weighted by Gasteiger charge is -2.08. The number of carbonyl (C=O) groups is 1. The van der Waals surface area contributed by atoms with Crippen LogP contribution in [0.15, 0.2) is 30.5 Å². The van der Waals surface area contributed by atoms with Crippen LogP contribution >= 0.6 is 23.2 Å². The molecule has 3 rings (SSSR count). The van der Waals surface area contributed by atoms with Crippen LogP contribution in [-0.2, 0) is 18.0 Å². The summed E-state index contributed by atoms with van der Waals surface area (Å²) in [5.41, 5.74) is 3.39. The molecule has 0 unspecified atom stereocenters. The maximum Gasteiger partial charge on any atom is 0.276 e. The maximum absolute atomic E-state index is 12.5. The van der Waals surface area contributed by atoms with Gasteiger partial charge in [-0.1, -0.05) is 29.3 Å². The first-order chi connectivity index (χ1) is 12.9. The number of amides is 1. The molecule has 1 N–H and O–H groups in total. The van der Waals surface area contributed by atoms with Crippen LogP contribution in [0.1, 0.15) is 27.4 Å². The molecule has 0 spiro atoms. The van der Waals surface area contributed by atoms with E-state index in [1.807, 2.05) is 19.9 Å². The standard InChI is InChI=1S/C18H19Cl2N5O2/c1-11-17(21-18(26)16-6-7-24(23-16)10-27-3)12(2)25(22-11)9-13-4-5-14(19)8-15(13)20/h4-8H,9-10H2,1-3H3,(H,21,26). The van der Waals surface area contributed by atoms with Crippen LogP contribution in [0.25, 0.3) is 0 Å². The quantitative estimate of drug-likeness (QED) is 0.671. The van der Waals surface area contributed by atoms with E-state index >= 15 is 0 Å². The van der Waals surface area contributed by atoms with Gasteiger partial charge in [0.05, 0.1) is 23.6 Å². The Morgan fingerprint density at radius 1 is 1.22 bits per heavy atom. The fourth-order valence-electron chi connectivity index (χ4n) is 2.71. The second kappa shape index (κ2) is 8.12. The predicted molar refractivity (Wildman–Crippen MR) is 104 cm³/mol. The summed E-state index contributed by atoms with van der Waals surface area (Å²) in [5.74, 6) is -0.305. The number of methoxy groups -OCH3 is 1. The molecule has 0 saturated heterocycles. The molecule has 2 heterocycles. The summed E-state index contributed by atoms with van der Waals surface area (Å²) in [7, 11) is 1.56. The maximum atomic E-state index is 12.5. The molecule has 0 aliphatic heterocycles. The van der Waals surface area contributed by atoms with Crippen LogP contribution in [0.4, 0.5) is 5.69 Å². The van der Waals surface area contributed by atoms with Gasteiger partial charge >= 0.3 is 0 Å². The van der Waals surface area contributed by atoms with Gasteiger partial charge in [0.15, 0.2) is 5.69 Å². The van der Waals surface area contributed by atoms with Gasteiger partial charge in [0.1, 0.15) is 6.73 Å². The van der Waals surface area contributed by atoms with Crippen molar-refractivity contribution in [3.63, 3.8) is 0 Å². The molecule has 3 aromatic rings. The molecule has 7 nitrogen and oxygen atoms in total. The van der Waals surface area contributed by atoms with Crippen molar-refractivity contribution in [2.24, 2.45) is 0 Å². The lowest BCUT2D eigenvalue weighted by atomic mass is 10.2. The fraction of sp³-hybridized carbons (Fsp3) is 0.278. The van der Waals surface area contributed by atoms with Gasteiger partial charge in [0.2, 0.25) is 0 Å². The number of benzene rings is 1. The van der Waals surface area contributed by atoms with E-state index in [1.165, 1.54) is 0 Å². The van der Waals surface area contributed by atoms with Crippen molar-refractivity contribution in [1.82, 2.24) is 19.6 Å². The third-order valence-electron chi connectivity index (χ3n) is 4.09. The Morgan fingerprint density at radius 2 is 2.00 bits per heavy atom. The summed E-state index contributed by atoms with van der Waals surface area (Å²) in [6.45, 7) is 4.49. The average molecular weight is 408 g/mol. The Balaban J connectivity index is 1.79. The van der Waals surface area contributed by atoms with E-state index in [4.69, 9.17) is 27.9 Å². The van der Waals surface area contributed by atoms with Crippen LogP contribution in [0.5, 0.6) is 0 Å². The van der Waals surface area contributed by atoms with Gasteiger partial charge in [0, 0.05) is 23.4 Å². The number of aryl methyl sites for hydroxylation is 1. The van der Waals surface area contributed by atoms with Gasteiger partial charge in [-0.3, -0.25) is 9.48 Å². The van der Waals surface area contributed by atoms with Gasteiger partial charge in [-0.05, 0) is 37.6 Å². The van der Waals surface area contributed by atoms with E-state index < -0.39 is 0 Å². The molecule has 0 aliphatic carbocycles. The third-order valence-corrected chi connectivity index (χ3v) is 4.68. The van der Waals surface area contributed by atoms with Gasteiger partial charge in [0.25, 0.3) is 5.91 Å². The number of aromatic nitrogens is 4. The van der Waals surface area contributed by atoms with Gasteiger partial charge in [-0.25, -0.2) is 4.68 Å². The van der Waals surface area contributed by atoms with Gasteiger partial charge in [-0.15, -0.1) is 0 Å². The summed E-state index contributed by atoms with van der Waals surface area (Å²) in [6.07, 6.45) is 1.68. The zero-order chi connectivity index (χ0) is 19.6. The summed E-state index contributed by atoms with van der Waals surface area (Å²) in [4.78, 5) is 12.5. The minimum atomic E-state index is -0.305. The normalized spacial score (nSPS) is 11.0. The first-order valence-electron chi connectivity index (χ1n) is 8.20. The highest BCUT2D eigenvalue weighted by Gasteiger charge is 2.17. The highest BCUT2D eigenvalue weighted by Crippen LogP contribution is 2.25. The Bertz CT molecular complexity index is 980. The molecule has 27 heavy (non-hydrogen) atoms. The molecule has 0 radical (unpaired) electrons. The molecule has 0 saturated carbocycles. The van der Waals surface area contributed by atoms with Crippen molar-refractivity contribution in [2.45, 2.75) is 27.1 Å². The average Bonchev–Trinajstić information content (AvgIpc) is 3.18. The predicted octanol–water partition coefficient (Wildman–Crippen LogP) is 3.91.